The fraction of sp³-hybridized carbons (Fsp3) is 0.917. The number of hydrogen-bond acceptors (Lipinski definition) is 2. The molecule has 0 radical (unpaired) electrons. The summed E-state index contributed by atoms with van der Waals surface area (Å²) in [5, 5.41) is 0. The van der Waals surface area contributed by atoms with Crippen molar-refractivity contribution in [3.63, 3.8) is 0 Å². The second-order valence-corrected chi connectivity index (χ2v) is 10.8. The number of carbonyl (C=O) groups excluding carboxylic acids is 2. The fourth-order valence-electron chi connectivity index (χ4n) is 8.29. The largest absolute Gasteiger partial charge is 0.342 e. The van der Waals surface area contributed by atoms with Crippen LogP contribution in [-0.2, 0) is 9.59 Å². The van der Waals surface area contributed by atoms with Gasteiger partial charge in [-0.05, 0) is 80.0 Å². The van der Waals surface area contributed by atoms with E-state index < -0.39 is 0 Å². The maximum atomic E-state index is 12.3. The van der Waals surface area contributed by atoms with Crippen LogP contribution in [0.5, 0.6) is 0 Å². The first-order valence-electron chi connectivity index (χ1n) is 11.8. The lowest BCUT2D eigenvalue weighted by Gasteiger charge is -2.62. The molecule has 0 bridgehead atoms. The molecule has 2 amide bonds. The topological polar surface area (TPSA) is 40.6 Å². The van der Waals surface area contributed by atoms with E-state index >= 15 is 0 Å². The van der Waals surface area contributed by atoms with Gasteiger partial charge >= 0.3 is 0 Å². The first-order chi connectivity index (χ1) is 13.4. The average Bonchev–Trinajstić information content (AvgIpc) is 3.03. The smallest absolute Gasteiger partial charge is 0.222 e. The highest BCUT2D eigenvalue weighted by Crippen LogP contribution is 2.65. The van der Waals surface area contributed by atoms with Gasteiger partial charge in [-0.3, -0.25) is 9.59 Å². The standard InChI is InChI=1S/C24H40N2O2/c1-5-6-15-26(16-27)21-10-8-18-17-7-9-20-23(2,14-12-22(28)25(20)4)19(17)11-13-24(18,21)3/h16-21H,5-15H2,1-4H3/t17-,18-,19-,20+,21-,23+,24-/m0/s1. The second kappa shape index (κ2) is 7.32. The van der Waals surface area contributed by atoms with Crippen molar-refractivity contribution in [2.24, 2.45) is 28.6 Å². The Kier molecular flexibility index (Phi) is 5.29. The van der Waals surface area contributed by atoms with Crippen LogP contribution < -0.4 is 0 Å². The first kappa shape index (κ1) is 20.2. The van der Waals surface area contributed by atoms with Gasteiger partial charge in [-0.2, -0.15) is 0 Å². The van der Waals surface area contributed by atoms with Crippen molar-refractivity contribution in [2.45, 2.75) is 97.1 Å². The van der Waals surface area contributed by atoms with Gasteiger partial charge in [-0.15, -0.1) is 0 Å². The van der Waals surface area contributed by atoms with Gasteiger partial charge in [0, 0.05) is 32.1 Å². The summed E-state index contributed by atoms with van der Waals surface area (Å²) in [6.07, 6.45) is 12.6. The van der Waals surface area contributed by atoms with E-state index in [0.29, 0.717) is 18.0 Å². The number of amides is 2. The van der Waals surface area contributed by atoms with Gasteiger partial charge in [0.25, 0.3) is 0 Å². The third kappa shape index (κ3) is 2.84. The number of hydrogen-bond donors (Lipinski definition) is 0. The molecule has 3 saturated carbocycles. The monoisotopic (exact) mass is 388 g/mol. The van der Waals surface area contributed by atoms with Crippen molar-refractivity contribution >= 4 is 12.3 Å². The maximum Gasteiger partial charge on any atom is 0.222 e. The summed E-state index contributed by atoms with van der Waals surface area (Å²) in [6.45, 7) is 8.12. The Labute approximate surface area is 171 Å². The van der Waals surface area contributed by atoms with Crippen LogP contribution in [0.2, 0.25) is 0 Å². The van der Waals surface area contributed by atoms with Crippen molar-refractivity contribution in [1.82, 2.24) is 9.80 Å². The lowest BCUT2D eigenvalue weighted by Crippen LogP contribution is -2.62. The molecule has 4 aliphatic rings. The molecular weight excluding hydrogens is 348 g/mol. The molecule has 1 heterocycles. The molecule has 7 atom stereocenters. The number of rotatable bonds is 5. The summed E-state index contributed by atoms with van der Waals surface area (Å²) in [5.74, 6) is 2.63. The van der Waals surface area contributed by atoms with Gasteiger partial charge in [-0.1, -0.05) is 27.2 Å². The summed E-state index contributed by atoms with van der Waals surface area (Å²) in [6, 6.07) is 0.872. The zero-order chi connectivity index (χ0) is 20.1. The van der Waals surface area contributed by atoms with E-state index in [9.17, 15) is 9.59 Å². The van der Waals surface area contributed by atoms with Gasteiger partial charge in [-0.25, -0.2) is 0 Å². The van der Waals surface area contributed by atoms with Crippen LogP contribution >= 0.6 is 0 Å². The van der Waals surface area contributed by atoms with Crippen LogP contribution in [-0.4, -0.2) is 47.8 Å². The Morgan fingerprint density at radius 3 is 2.54 bits per heavy atom. The first-order valence-corrected chi connectivity index (χ1v) is 11.8. The summed E-state index contributed by atoms with van der Waals surface area (Å²) >= 11 is 0. The van der Waals surface area contributed by atoms with Crippen LogP contribution in [0, 0.1) is 28.6 Å². The number of carbonyl (C=O) groups is 2. The van der Waals surface area contributed by atoms with Gasteiger partial charge < -0.3 is 9.80 Å². The molecule has 0 spiro atoms. The van der Waals surface area contributed by atoms with Gasteiger partial charge in [0.1, 0.15) is 0 Å². The normalized spacial score (nSPS) is 45.2. The molecule has 4 rings (SSSR count). The molecule has 4 heteroatoms. The quantitative estimate of drug-likeness (QED) is 0.652. The molecule has 0 aromatic heterocycles. The zero-order valence-corrected chi connectivity index (χ0v) is 18.5. The van der Waals surface area contributed by atoms with Gasteiger partial charge in [0.05, 0.1) is 0 Å². The van der Waals surface area contributed by atoms with Crippen molar-refractivity contribution in [3.05, 3.63) is 0 Å². The molecule has 0 aromatic carbocycles. The Balaban J connectivity index is 1.56. The summed E-state index contributed by atoms with van der Waals surface area (Å²) in [4.78, 5) is 28.4. The van der Waals surface area contributed by atoms with Crippen LogP contribution in [0.4, 0.5) is 0 Å². The average molecular weight is 389 g/mol. The minimum Gasteiger partial charge on any atom is -0.342 e. The Morgan fingerprint density at radius 1 is 1.07 bits per heavy atom. The van der Waals surface area contributed by atoms with E-state index in [4.69, 9.17) is 0 Å². The van der Waals surface area contributed by atoms with E-state index in [1.54, 1.807) is 0 Å². The highest BCUT2D eigenvalue weighted by atomic mass is 16.2. The van der Waals surface area contributed by atoms with Crippen LogP contribution in [0.1, 0.15) is 85.0 Å². The SMILES string of the molecule is CCCCN(C=O)[C@H]1CC[C@H]2[C@@H]3CC[C@H]4N(C)C(=O)CC[C@]4(C)[C@H]3CC[C@]12C. The lowest BCUT2D eigenvalue weighted by molar-refractivity contribution is -0.159. The molecule has 0 aromatic rings. The van der Waals surface area contributed by atoms with Crippen LogP contribution in [0.3, 0.4) is 0 Å². The summed E-state index contributed by atoms with van der Waals surface area (Å²) < 4.78 is 0. The molecular formula is C24H40N2O2. The molecule has 3 aliphatic carbocycles. The number of piperidine rings is 1. The number of likely N-dealkylation sites (tertiary alicyclic amines) is 1. The lowest BCUT2D eigenvalue weighted by atomic mass is 9.47. The third-order valence-electron chi connectivity index (χ3n) is 9.81. The van der Waals surface area contributed by atoms with Crippen molar-refractivity contribution in [1.29, 1.82) is 0 Å². The van der Waals surface area contributed by atoms with E-state index in [-0.39, 0.29) is 10.8 Å². The van der Waals surface area contributed by atoms with Crippen LogP contribution in [0.15, 0.2) is 0 Å². The minimum absolute atomic E-state index is 0.287. The van der Waals surface area contributed by atoms with Crippen molar-refractivity contribution in [3.8, 4) is 0 Å². The Bertz CT molecular complexity index is 622. The number of unbranched alkanes of at least 4 members (excludes halogenated alkanes) is 1. The zero-order valence-electron chi connectivity index (χ0n) is 18.5. The van der Waals surface area contributed by atoms with Crippen molar-refractivity contribution < 1.29 is 9.59 Å². The predicted octanol–water partition coefficient (Wildman–Crippen LogP) is 4.48. The number of nitrogens with zero attached hydrogens (tertiary/aromatic N) is 2. The predicted molar refractivity (Wildman–Crippen MR) is 112 cm³/mol. The molecule has 0 unspecified atom stereocenters. The molecule has 1 aliphatic heterocycles. The summed E-state index contributed by atoms with van der Waals surface area (Å²) in [5.41, 5.74) is 0.576. The Morgan fingerprint density at radius 2 is 1.82 bits per heavy atom. The molecule has 0 N–H and O–H groups in total. The van der Waals surface area contributed by atoms with E-state index in [0.717, 1.165) is 56.4 Å². The van der Waals surface area contributed by atoms with E-state index in [1.165, 1.54) is 38.5 Å². The Hall–Kier alpha value is -1.06. The maximum absolute atomic E-state index is 12.3. The summed E-state index contributed by atoms with van der Waals surface area (Å²) in [7, 11) is 2.04. The van der Waals surface area contributed by atoms with Crippen molar-refractivity contribution in [2.75, 3.05) is 13.6 Å². The van der Waals surface area contributed by atoms with E-state index in [2.05, 4.69) is 30.6 Å². The van der Waals surface area contributed by atoms with E-state index in [1.807, 2.05) is 7.05 Å². The minimum atomic E-state index is 0.287. The van der Waals surface area contributed by atoms with Gasteiger partial charge in [0.2, 0.25) is 12.3 Å². The fourth-order valence-corrected chi connectivity index (χ4v) is 8.29. The number of fused-ring (bicyclic) bond motifs is 5. The molecule has 158 valence electrons. The third-order valence-corrected chi connectivity index (χ3v) is 9.81. The molecule has 4 nitrogen and oxygen atoms in total. The highest BCUT2D eigenvalue weighted by molar-refractivity contribution is 5.77. The molecule has 4 fully saturated rings. The second-order valence-electron chi connectivity index (χ2n) is 10.8. The molecule has 1 saturated heterocycles. The molecule has 28 heavy (non-hydrogen) atoms. The highest BCUT2D eigenvalue weighted by Gasteiger charge is 2.61. The van der Waals surface area contributed by atoms with Gasteiger partial charge in [0.15, 0.2) is 0 Å². The van der Waals surface area contributed by atoms with Crippen LogP contribution in [0.25, 0.3) is 0 Å².